The quantitative estimate of drug-likeness (QED) is 0.500. The van der Waals surface area contributed by atoms with Crippen LogP contribution in [0.1, 0.15) is 26.2 Å². The molecule has 8 nitrogen and oxygen atoms in total. The summed E-state index contributed by atoms with van der Waals surface area (Å²) in [4.78, 5) is 51.6. The van der Waals surface area contributed by atoms with Crippen LogP contribution in [0.25, 0.3) is 0 Å². The van der Waals surface area contributed by atoms with Crippen LogP contribution in [-0.2, 0) is 23.9 Å². The maximum atomic E-state index is 12.9. The molecule has 1 heterocycles. The molecule has 2 bridgehead atoms. The van der Waals surface area contributed by atoms with E-state index in [9.17, 15) is 19.2 Å². The molecule has 5 rings (SSSR count). The molecule has 34 heavy (non-hydrogen) atoms. The Labute approximate surface area is 197 Å². The van der Waals surface area contributed by atoms with Crippen LogP contribution < -0.4 is 10.1 Å². The van der Waals surface area contributed by atoms with Gasteiger partial charge in [0.25, 0.3) is 5.91 Å². The van der Waals surface area contributed by atoms with Crippen molar-refractivity contribution in [1.82, 2.24) is 4.90 Å². The summed E-state index contributed by atoms with van der Waals surface area (Å²) < 4.78 is 10.8. The van der Waals surface area contributed by atoms with Crippen LogP contribution in [0.15, 0.2) is 54.6 Å². The van der Waals surface area contributed by atoms with Gasteiger partial charge in [0.2, 0.25) is 11.8 Å². The molecule has 0 aromatic heterocycles. The molecule has 0 spiro atoms. The molecule has 5 atom stereocenters. The Bertz CT molecular complexity index is 1090. The van der Waals surface area contributed by atoms with Crippen LogP contribution in [0.5, 0.6) is 11.5 Å². The molecule has 176 valence electrons. The average molecular weight is 463 g/mol. The van der Waals surface area contributed by atoms with E-state index in [4.69, 9.17) is 9.47 Å². The Morgan fingerprint density at radius 3 is 2.15 bits per heavy atom. The van der Waals surface area contributed by atoms with Crippen molar-refractivity contribution >= 4 is 29.4 Å². The molecule has 1 aliphatic heterocycles. The Morgan fingerprint density at radius 1 is 0.941 bits per heavy atom. The van der Waals surface area contributed by atoms with Crippen LogP contribution in [0.4, 0.5) is 5.69 Å². The summed E-state index contributed by atoms with van der Waals surface area (Å²) >= 11 is 0. The molecule has 2 aromatic rings. The van der Waals surface area contributed by atoms with E-state index >= 15 is 0 Å². The van der Waals surface area contributed by atoms with Gasteiger partial charge in [0.1, 0.15) is 17.5 Å². The third-order valence-electron chi connectivity index (χ3n) is 7.15. The van der Waals surface area contributed by atoms with Crippen molar-refractivity contribution in [2.45, 2.75) is 32.2 Å². The van der Waals surface area contributed by atoms with Crippen LogP contribution >= 0.6 is 0 Å². The zero-order valence-electron chi connectivity index (χ0n) is 18.8. The van der Waals surface area contributed by atoms with E-state index in [1.165, 1.54) is 6.92 Å². The molecule has 3 fully saturated rings. The first-order valence-corrected chi connectivity index (χ1v) is 11.6. The average Bonchev–Trinajstić information content (AvgIpc) is 3.52. The standard InChI is InChI=1S/C26H26N2O6/c1-15(28-24(30)22-16-7-8-17(13-16)23(22)25(28)31)26(32)33-14-21(29)27-18-9-11-20(12-10-18)34-19-5-3-2-4-6-19/h2-6,9-12,15-17,22-23H,7-8,13-14H2,1H3,(H,27,29)/t15-,16+,17+,22-,23+/m1/s1. The highest BCUT2D eigenvalue weighted by Crippen LogP contribution is 2.56. The number of nitrogens with one attached hydrogen (secondary N) is 1. The van der Waals surface area contributed by atoms with Gasteiger partial charge in [0.15, 0.2) is 6.61 Å². The molecule has 0 unspecified atom stereocenters. The highest BCUT2D eigenvalue weighted by atomic mass is 16.5. The number of anilines is 1. The third-order valence-corrected chi connectivity index (χ3v) is 7.15. The molecule has 2 saturated carbocycles. The van der Waals surface area contributed by atoms with Gasteiger partial charge in [-0.2, -0.15) is 0 Å². The molecule has 2 aliphatic carbocycles. The van der Waals surface area contributed by atoms with E-state index in [2.05, 4.69) is 5.32 Å². The number of ether oxygens (including phenoxy) is 2. The number of carbonyl (C=O) groups excluding carboxylic acids is 4. The van der Waals surface area contributed by atoms with E-state index in [0.29, 0.717) is 17.2 Å². The van der Waals surface area contributed by atoms with Gasteiger partial charge in [-0.05, 0) is 74.4 Å². The number of esters is 1. The fourth-order valence-electron chi connectivity index (χ4n) is 5.60. The van der Waals surface area contributed by atoms with Gasteiger partial charge in [0.05, 0.1) is 11.8 Å². The van der Waals surface area contributed by atoms with E-state index in [1.54, 1.807) is 24.3 Å². The normalized spacial score (nSPS) is 25.7. The molecule has 3 amide bonds. The van der Waals surface area contributed by atoms with Crippen LogP contribution in [0, 0.1) is 23.7 Å². The molecular weight excluding hydrogens is 436 g/mol. The van der Waals surface area contributed by atoms with Gasteiger partial charge in [-0.1, -0.05) is 18.2 Å². The minimum Gasteiger partial charge on any atom is -0.457 e. The summed E-state index contributed by atoms with van der Waals surface area (Å²) in [5, 5.41) is 2.65. The van der Waals surface area contributed by atoms with Gasteiger partial charge in [0, 0.05) is 5.69 Å². The largest absolute Gasteiger partial charge is 0.457 e. The van der Waals surface area contributed by atoms with E-state index in [1.807, 2.05) is 30.3 Å². The second kappa shape index (κ2) is 8.93. The summed E-state index contributed by atoms with van der Waals surface area (Å²) in [5.41, 5.74) is 0.516. The minimum atomic E-state index is -1.05. The lowest BCUT2D eigenvalue weighted by Gasteiger charge is -2.23. The first-order valence-electron chi connectivity index (χ1n) is 11.6. The maximum Gasteiger partial charge on any atom is 0.329 e. The van der Waals surface area contributed by atoms with Crippen molar-refractivity contribution in [2.24, 2.45) is 23.7 Å². The summed E-state index contributed by atoms with van der Waals surface area (Å²) in [6.07, 6.45) is 2.87. The molecule has 1 saturated heterocycles. The Hall–Kier alpha value is -3.68. The fourth-order valence-corrected chi connectivity index (χ4v) is 5.60. The first kappa shape index (κ1) is 22.1. The van der Waals surface area contributed by atoms with Crippen molar-refractivity contribution in [1.29, 1.82) is 0 Å². The van der Waals surface area contributed by atoms with E-state index in [-0.39, 0.29) is 35.5 Å². The molecule has 3 aliphatic rings. The van der Waals surface area contributed by atoms with Crippen molar-refractivity contribution < 1.29 is 28.7 Å². The van der Waals surface area contributed by atoms with Gasteiger partial charge in [-0.3, -0.25) is 19.3 Å². The van der Waals surface area contributed by atoms with Crippen LogP contribution in [0.3, 0.4) is 0 Å². The lowest BCUT2D eigenvalue weighted by molar-refractivity contribution is -0.159. The number of fused-ring (bicyclic) bond motifs is 5. The number of benzene rings is 2. The van der Waals surface area contributed by atoms with Gasteiger partial charge in [-0.25, -0.2) is 4.79 Å². The van der Waals surface area contributed by atoms with Crippen LogP contribution in [0.2, 0.25) is 0 Å². The maximum absolute atomic E-state index is 12.9. The molecule has 8 heteroatoms. The van der Waals surface area contributed by atoms with Gasteiger partial charge >= 0.3 is 5.97 Å². The molecule has 1 N–H and O–H groups in total. The fraction of sp³-hybridized carbons (Fsp3) is 0.385. The van der Waals surface area contributed by atoms with Crippen LogP contribution in [-0.4, -0.2) is 41.2 Å². The number of rotatable bonds is 7. The number of nitrogens with zero attached hydrogens (tertiary/aromatic N) is 1. The lowest BCUT2D eigenvalue weighted by Crippen LogP contribution is -2.45. The van der Waals surface area contributed by atoms with Crippen molar-refractivity contribution in [3.05, 3.63) is 54.6 Å². The van der Waals surface area contributed by atoms with Crippen molar-refractivity contribution in [3.63, 3.8) is 0 Å². The SMILES string of the molecule is C[C@H](C(=O)OCC(=O)Nc1ccc(Oc2ccccc2)cc1)N1C(=O)[C@@H]2[C@H]3CC[C@@H](C3)[C@@H]2C1=O. The number of para-hydroxylation sites is 1. The molecule has 0 radical (unpaired) electrons. The molecular formula is C26H26N2O6. The third kappa shape index (κ3) is 4.04. The Morgan fingerprint density at radius 2 is 1.53 bits per heavy atom. The van der Waals surface area contributed by atoms with Gasteiger partial charge in [-0.15, -0.1) is 0 Å². The number of hydrogen-bond donors (Lipinski definition) is 1. The highest BCUT2D eigenvalue weighted by Gasteiger charge is 2.62. The molecule has 2 aromatic carbocycles. The Balaban J connectivity index is 1.12. The number of hydrogen-bond acceptors (Lipinski definition) is 6. The second-order valence-electron chi connectivity index (χ2n) is 9.20. The number of amides is 3. The second-order valence-corrected chi connectivity index (χ2v) is 9.20. The van der Waals surface area contributed by atoms with E-state index in [0.717, 1.165) is 24.2 Å². The lowest BCUT2D eigenvalue weighted by atomic mass is 9.81. The monoisotopic (exact) mass is 462 g/mol. The smallest absolute Gasteiger partial charge is 0.329 e. The van der Waals surface area contributed by atoms with Gasteiger partial charge < -0.3 is 14.8 Å². The van der Waals surface area contributed by atoms with Crippen molar-refractivity contribution in [3.8, 4) is 11.5 Å². The highest BCUT2D eigenvalue weighted by molar-refractivity contribution is 6.08. The first-order chi connectivity index (χ1) is 16.4. The predicted octanol–water partition coefficient (Wildman–Crippen LogP) is 3.38. The number of carbonyl (C=O) groups is 4. The zero-order chi connectivity index (χ0) is 23.8. The zero-order valence-corrected chi connectivity index (χ0v) is 18.8. The topological polar surface area (TPSA) is 102 Å². The number of likely N-dealkylation sites (tertiary alicyclic amines) is 1. The summed E-state index contributed by atoms with van der Waals surface area (Å²) in [6, 6.07) is 15.0. The minimum absolute atomic E-state index is 0.245. The summed E-state index contributed by atoms with van der Waals surface area (Å²) in [7, 11) is 0. The van der Waals surface area contributed by atoms with Crippen molar-refractivity contribution in [2.75, 3.05) is 11.9 Å². The number of imide groups is 1. The van der Waals surface area contributed by atoms with E-state index < -0.39 is 24.5 Å². The summed E-state index contributed by atoms with van der Waals surface area (Å²) in [6.45, 7) is 0.963. The summed E-state index contributed by atoms with van der Waals surface area (Å²) in [5.74, 6) is -0.610. The Kier molecular flexibility index (Phi) is 5.81. The predicted molar refractivity (Wildman–Crippen MR) is 122 cm³/mol.